The minimum atomic E-state index is -1.11. The highest BCUT2D eigenvalue weighted by atomic mass is 19.2. The second-order valence-electron chi connectivity index (χ2n) is 5.46. The zero-order chi connectivity index (χ0) is 14.9. The highest BCUT2D eigenvalue weighted by molar-refractivity contribution is 5.94. The van der Waals surface area contributed by atoms with Crippen molar-refractivity contribution in [3.05, 3.63) is 35.4 Å². The van der Waals surface area contributed by atoms with Gasteiger partial charge in [0.25, 0.3) is 5.91 Å². The second kappa shape index (κ2) is 5.69. The average molecular weight is 297 g/mol. The number of benzene rings is 1. The van der Waals surface area contributed by atoms with E-state index in [1.807, 2.05) is 0 Å². The Morgan fingerprint density at radius 3 is 2.52 bits per heavy atom. The number of rotatable bonds is 2. The van der Waals surface area contributed by atoms with Gasteiger partial charge in [-0.3, -0.25) is 4.79 Å². The number of hydrogen-bond acceptors (Lipinski definition) is 3. The van der Waals surface area contributed by atoms with Crippen molar-refractivity contribution < 1.29 is 23.0 Å². The number of nitrogens with one attached hydrogen (secondary N) is 1. The zero-order valence-electron chi connectivity index (χ0n) is 11.5. The second-order valence-corrected chi connectivity index (χ2v) is 5.46. The Morgan fingerprint density at radius 1 is 1.19 bits per heavy atom. The molecule has 1 N–H and O–H groups in total. The summed E-state index contributed by atoms with van der Waals surface area (Å²) in [6.07, 6.45) is 2.79. The van der Waals surface area contributed by atoms with Crippen LogP contribution in [0, 0.1) is 11.6 Å². The Hall–Kier alpha value is -1.53. The molecule has 2 fully saturated rings. The van der Waals surface area contributed by atoms with Crippen LogP contribution in [0.15, 0.2) is 18.2 Å². The standard InChI is InChI=1S/C15H17F2NO3/c16-12-3-1-2-11(13(12)17)14(19)18-10-4-6-15(7-5-10)20-8-9-21-15/h1-3,10H,4-9H2,(H,18,19). The van der Waals surface area contributed by atoms with Gasteiger partial charge < -0.3 is 14.8 Å². The lowest BCUT2D eigenvalue weighted by Gasteiger charge is -2.35. The monoisotopic (exact) mass is 297 g/mol. The highest BCUT2D eigenvalue weighted by Crippen LogP contribution is 2.35. The van der Waals surface area contributed by atoms with Crippen molar-refractivity contribution >= 4 is 5.91 Å². The normalized spacial score (nSPS) is 21.6. The fourth-order valence-electron chi connectivity index (χ4n) is 2.93. The maximum atomic E-state index is 13.6. The van der Waals surface area contributed by atoms with Crippen LogP contribution in [-0.2, 0) is 9.47 Å². The lowest BCUT2D eigenvalue weighted by molar-refractivity contribution is -0.179. The van der Waals surface area contributed by atoms with Crippen molar-refractivity contribution in [2.24, 2.45) is 0 Å². The van der Waals surface area contributed by atoms with Crippen LogP contribution >= 0.6 is 0 Å². The van der Waals surface area contributed by atoms with Crippen molar-refractivity contribution in [3.63, 3.8) is 0 Å². The molecule has 0 radical (unpaired) electrons. The topological polar surface area (TPSA) is 47.6 Å². The first-order valence-electron chi connectivity index (χ1n) is 7.12. The van der Waals surface area contributed by atoms with E-state index in [0.717, 1.165) is 6.07 Å². The SMILES string of the molecule is O=C(NC1CCC2(CC1)OCCO2)c1cccc(F)c1F. The molecule has 1 spiro atoms. The quantitative estimate of drug-likeness (QED) is 0.911. The number of carbonyl (C=O) groups excluding carboxylic acids is 1. The first kappa shape index (κ1) is 14.4. The van der Waals surface area contributed by atoms with Crippen LogP contribution in [0.1, 0.15) is 36.0 Å². The lowest BCUT2D eigenvalue weighted by Crippen LogP contribution is -2.44. The summed E-state index contributed by atoms with van der Waals surface area (Å²) in [5.41, 5.74) is -0.261. The van der Waals surface area contributed by atoms with Crippen molar-refractivity contribution in [2.75, 3.05) is 13.2 Å². The summed E-state index contributed by atoms with van der Waals surface area (Å²) < 4.78 is 37.9. The third-order valence-electron chi connectivity index (χ3n) is 4.09. The Labute approximate surface area is 121 Å². The molecular weight excluding hydrogens is 280 g/mol. The van der Waals surface area contributed by atoms with E-state index in [1.165, 1.54) is 12.1 Å². The van der Waals surface area contributed by atoms with E-state index in [-0.39, 0.29) is 11.6 Å². The van der Waals surface area contributed by atoms with E-state index >= 15 is 0 Å². The average Bonchev–Trinajstić information content (AvgIpc) is 2.93. The lowest BCUT2D eigenvalue weighted by atomic mass is 9.90. The van der Waals surface area contributed by atoms with Gasteiger partial charge in [-0.15, -0.1) is 0 Å². The Balaban J connectivity index is 1.60. The number of hydrogen-bond donors (Lipinski definition) is 1. The maximum absolute atomic E-state index is 13.6. The molecule has 3 rings (SSSR count). The molecule has 4 nitrogen and oxygen atoms in total. The Morgan fingerprint density at radius 2 is 1.86 bits per heavy atom. The van der Waals surface area contributed by atoms with Crippen LogP contribution in [0.5, 0.6) is 0 Å². The van der Waals surface area contributed by atoms with E-state index in [2.05, 4.69) is 5.32 Å². The minimum Gasteiger partial charge on any atom is -0.349 e. The zero-order valence-corrected chi connectivity index (χ0v) is 11.5. The predicted octanol–water partition coefficient (Wildman–Crippen LogP) is 2.38. The fourth-order valence-corrected chi connectivity index (χ4v) is 2.93. The van der Waals surface area contributed by atoms with Crippen LogP contribution in [0.3, 0.4) is 0 Å². The smallest absolute Gasteiger partial charge is 0.254 e. The molecule has 1 saturated carbocycles. The van der Waals surface area contributed by atoms with Crippen molar-refractivity contribution in [1.29, 1.82) is 0 Å². The summed E-state index contributed by atoms with van der Waals surface area (Å²) in [5.74, 6) is -3.20. The number of carbonyl (C=O) groups is 1. The highest BCUT2D eigenvalue weighted by Gasteiger charge is 2.40. The summed E-state index contributed by atoms with van der Waals surface area (Å²) in [6.45, 7) is 1.21. The molecule has 0 atom stereocenters. The maximum Gasteiger partial charge on any atom is 0.254 e. The van der Waals surface area contributed by atoms with Gasteiger partial charge in [-0.25, -0.2) is 8.78 Å². The summed E-state index contributed by atoms with van der Waals surface area (Å²) >= 11 is 0. The minimum absolute atomic E-state index is 0.0707. The van der Waals surface area contributed by atoms with Gasteiger partial charge in [0.1, 0.15) is 0 Å². The van der Waals surface area contributed by atoms with Gasteiger partial charge in [0.15, 0.2) is 17.4 Å². The number of amides is 1. The van der Waals surface area contributed by atoms with Crippen LogP contribution in [0.25, 0.3) is 0 Å². The van der Waals surface area contributed by atoms with Crippen LogP contribution < -0.4 is 5.32 Å². The van der Waals surface area contributed by atoms with Gasteiger partial charge in [-0.2, -0.15) is 0 Å². The van der Waals surface area contributed by atoms with Gasteiger partial charge in [0, 0.05) is 18.9 Å². The molecule has 1 amide bonds. The van der Waals surface area contributed by atoms with Crippen LogP contribution in [-0.4, -0.2) is 30.9 Å². The van der Waals surface area contributed by atoms with E-state index in [4.69, 9.17) is 9.47 Å². The van der Waals surface area contributed by atoms with Gasteiger partial charge in [0.2, 0.25) is 0 Å². The van der Waals surface area contributed by atoms with Crippen LogP contribution in [0.4, 0.5) is 8.78 Å². The molecule has 0 bridgehead atoms. The third kappa shape index (κ3) is 2.91. The molecule has 21 heavy (non-hydrogen) atoms. The molecule has 1 aliphatic carbocycles. The molecule has 0 unspecified atom stereocenters. The third-order valence-corrected chi connectivity index (χ3v) is 4.09. The largest absolute Gasteiger partial charge is 0.349 e. The molecule has 0 aromatic heterocycles. The first-order valence-corrected chi connectivity index (χ1v) is 7.12. The molecule has 1 aromatic rings. The number of halogens is 2. The van der Waals surface area contributed by atoms with Crippen molar-refractivity contribution in [2.45, 2.75) is 37.5 Å². The molecule has 1 aromatic carbocycles. The van der Waals surface area contributed by atoms with Crippen molar-refractivity contribution in [1.82, 2.24) is 5.32 Å². The first-order chi connectivity index (χ1) is 10.1. The predicted molar refractivity (Wildman–Crippen MR) is 70.7 cm³/mol. The van der Waals surface area contributed by atoms with Crippen molar-refractivity contribution in [3.8, 4) is 0 Å². The van der Waals surface area contributed by atoms with Gasteiger partial charge in [-0.05, 0) is 25.0 Å². The molecule has 2 aliphatic rings. The molecule has 1 saturated heterocycles. The molecule has 1 aliphatic heterocycles. The Bertz CT molecular complexity index is 534. The molecule has 6 heteroatoms. The molecular formula is C15H17F2NO3. The molecule has 114 valence electrons. The van der Waals surface area contributed by atoms with E-state index in [9.17, 15) is 13.6 Å². The van der Waals surface area contributed by atoms with Gasteiger partial charge >= 0.3 is 0 Å². The van der Waals surface area contributed by atoms with Crippen LogP contribution in [0.2, 0.25) is 0 Å². The summed E-state index contributed by atoms with van der Waals surface area (Å²) in [4.78, 5) is 12.0. The summed E-state index contributed by atoms with van der Waals surface area (Å²) in [6, 6.07) is 3.52. The number of ether oxygens (including phenoxy) is 2. The van der Waals surface area contributed by atoms with Gasteiger partial charge in [-0.1, -0.05) is 6.07 Å². The van der Waals surface area contributed by atoms with E-state index in [0.29, 0.717) is 38.9 Å². The summed E-state index contributed by atoms with van der Waals surface area (Å²) in [5, 5.41) is 2.75. The van der Waals surface area contributed by atoms with E-state index < -0.39 is 23.3 Å². The van der Waals surface area contributed by atoms with Gasteiger partial charge in [0.05, 0.1) is 18.8 Å². The summed E-state index contributed by atoms with van der Waals surface area (Å²) in [7, 11) is 0. The Kier molecular flexibility index (Phi) is 3.91. The van der Waals surface area contributed by atoms with E-state index in [1.54, 1.807) is 0 Å². The fraction of sp³-hybridized carbons (Fsp3) is 0.533. The molecule has 1 heterocycles.